The molecule has 0 heterocycles. The van der Waals surface area contributed by atoms with Crippen molar-refractivity contribution in [2.24, 2.45) is 0 Å². The summed E-state index contributed by atoms with van der Waals surface area (Å²) >= 11 is 0. The molecule has 0 bridgehead atoms. The molecule has 0 aliphatic carbocycles. The van der Waals surface area contributed by atoms with Crippen molar-refractivity contribution in [3.63, 3.8) is 0 Å². The fourth-order valence-corrected chi connectivity index (χ4v) is 2.09. The van der Waals surface area contributed by atoms with Crippen molar-refractivity contribution < 1.29 is 9.53 Å². The number of hydrogen-bond donors (Lipinski definition) is 2. The fourth-order valence-electron chi connectivity index (χ4n) is 2.09. The van der Waals surface area contributed by atoms with Gasteiger partial charge in [0.1, 0.15) is 0 Å². The second-order valence-corrected chi connectivity index (χ2v) is 4.90. The molecule has 4 nitrogen and oxygen atoms in total. The number of hydrogen-bond acceptors (Lipinski definition) is 3. The van der Waals surface area contributed by atoms with Gasteiger partial charge in [-0.2, -0.15) is 0 Å². The van der Waals surface area contributed by atoms with Crippen LogP contribution in [0.4, 0.5) is 0 Å². The van der Waals surface area contributed by atoms with Gasteiger partial charge in [-0.25, -0.2) is 0 Å². The number of carbonyl (C=O) groups is 1. The molecular formula is C16H26N2O2. The molecule has 1 amide bonds. The molecule has 4 heteroatoms. The lowest BCUT2D eigenvalue weighted by Crippen LogP contribution is -2.44. The Balaban J connectivity index is 2.42. The Hall–Kier alpha value is -1.39. The van der Waals surface area contributed by atoms with Crippen LogP contribution in [-0.2, 0) is 9.53 Å². The van der Waals surface area contributed by atoms with E-state index in [0.29, 0.717) is 13.2 Å². The van der Waals surface area contributed by atoms with Crippen molar-refractivity contribution in [2.45, 2.75) is 38.8 Å². The van der Waals surface area contributed by atoms with Crippen LogP contribution in [0.15, 0.2) is 30.3 Å². The Morgan fingerprint density at radius 1 is 1.30 bits per heavy atom. The first-order valence-corrected chi connectivity index (χ1v) is 7.26. The number of ether oxygens (including phenoxy) is 1. The zero-order chi connectivity index (χ0) is 14.8. The summed E-state index contributed by atoms with van der Waals surface area (Å²) in [5.41, 5.74) is 1.22. The lowest BCUT2D eigenvalue weighted by molar-refractivity contribution is -0.123. The van der Waals surface area contributed by atoms with E-state index in [9.17, 15) is 4.79 Å². The highest BCUT2D eigenvalue weighted by Gasteiger charge is 2.17. The van der Waals surface area contributed by atoms with E-state index in [1.807, 2.05) is 25.1 Å². The van der Waals surface area contributed by atoms with E-state index < -0.39 is 0 Å². The van der Waals surface area contributed by atoms with Gasteiger partial charge < -0.3 is 10.1 Å². The lowest BCUT2D eigenvalue weighted by Gasteiger charge is -2.22. The Morgan fingerprint density at radius 3 is 2.60 bits per heavy atom. The van der Waals surface area contributed by atoms with Crippen LogP contribution in [0.1, 0.15) is 38.3 Å². The van der Waals surface area contributed by atoms with E-state index in [1.165, 1.54) is 5.56 Å². The van der Waals surface area contributed by atoms with Crippen molar-refractivity contribution in [1.29, 1.82) is 0 Å². The van der Waals surface area contributed by atoms with E-state index in [4.69, 9.17) is 4.74 Å². The van der Waals surface area contributed by atoms with Crippen LogP contribution in [0, 0.1) is 0 Å². The molecule has 0 saturated heterocycles. The van der Waals surface area contributed by atoms with Gasteiger partial charge in [0.25, 0.3) is 0 Å². The molecule has 0 aliphatic heterocycles. The van der Waals surface area contributed by atoms with Crippen molar-refractivity contribution in [3.05, 3.63) is 35.9 Å². The minimum absolute atomic E-state index is 0.0375. The zero-order valence-corrected chi connectivity index (χ0v) is 12.7. The highest BCUT2D eigenvalue weighted by Crippen LogP contribution is 2.16. The van der Waals surface area contributed by atoms with Gasteiger partial charge in [-0.05, 0) is 25.3 Å². The van der Waals surface area contributed by atoms with Gasteiger partial charge >= 0.3 is 0 Å². The van der Waals surface area contributed by atoms with Crippen molar-refractivity contribution in [1.82, 2.24) is 10.6 Å². The number of nitrogens with one attached hydrogen (secondary N) is 2. The van der Waals surface area contributed by atoms with Crippen LogP contribution in [0.2, 0.25) is 0 Å². The maximum atomic E-state index is 12.0. The molecule has 112 valence electrons. The van der Waals surface area contributed by atoms with Crippen molar-refractivity contribution >= 4 is 5.91 Å². The third kappa shape index (κ3) is 5.72. The second-order valence-electron chi connectivity index (χ2n) is 4.90. The molecule has 20 heavy (non-hydrogen) atoms. The summed E-state index contributed by atoms with van der Waals surface area (Å²) < 4.78 is 4.96. The van der Waals surface area contributed by atoms with Crippen LogP contribution in [0.25, 0.3) is 0 Å². The van der Waals surface area contributed by atoms with Crippen LogP contribution in [0.5, 0.6) is 0 Å². The summed E-state index contributed by atoms with van der Waals surface area (Å²) in [7, 11) is 1.66. The molecular weight excluding hydrogens is 252 g/mol. The highest BCUT2D eigenvalue weighted by atomic mass is 16.5. The van der Waals surface area contributed by atoms with E-state index in [-0.39, 0.29) is 18.0 Å². The number of carbonyl (C=O) groups excluding carboxylic acids is 1. The molecule has 2 unspecified atom stereocenters. The fraction of sp³-hybridized carbons (Fsp3) is 0.562. The molecule has 0 saturated carbocycles. The Labute approximate surface area is 121 Å². The van der Waals surface area contributed by atoms with Gasteiger partial charge in [0, 0.05) is 26.3 Å². The van der Waals surface area contributed by atoms with Crippen LogP contribution in [0.3, 0.4) is 0 Å². The summed E-state index contributed by atoms with van der Waals surface area (Å²) in [6.07, 6.45) is 1.79. The van der Waals surface area contributed by atoms with Crippen molar-refractivity contribution in [2.75, 3.05) is 20.3 Å². The van der Waals surface area contributed by atoms with Gasteiger partial charge in [0.15, 0.2) is 0 Å². The van der Waals surface area contributed by atoms with Crippen LogP contribution >= 0.6 is 0 Å². The van der Waals surface area contributed by atoms with E-state index in [2.05, 4.69) is 29.7 Å². The largest absolute Gasteiger partial charge is 0.385 e. The first-order chi connectivity index (χ1) is 9.69. The van der Waals surface area contributed by atoms with Gasteiger partial charge in [0.05, 0.1) is 6.04 Å². The Morgan fingerprint density at radius 2 is 2.00 bits per heavy atom. The third-order valence-electron chi connectivity index (χ3n) is 3.28. The summed E-state index contributed by atoms with van der Waals surface area (Å²) in [5.74, 6) is 0.0375. The number of methoxy groups -OCH3 is 1. The normalized spacial score (nSPS) is 13.8. The predicted octanol–water partition coefficient (Wildman–Crippen LogP) is 2.27. The minimum atomic E-state index is -0.206. The monoisotopic (exact) mass is 278 g/mol. The number of amides is 1. The van der Waals surface area contributed by atoms with Gasteiger partial charge in [-0.15, -0.1) is 0 Å². The smallest absolute Gasteiger partial charge is 0.236 e. The third-order valence-corrected chi connectivity index (χ3v) is 3.28. The Bertz CT molecular complexity index is 381. The van der Waals surface area contributed by atoms with Crippen LogP contribution in [-0.4, -0.2) is 32.2 Å². The lowest BCUT2D eigenvalue weighted by atomic mass is 10.0. The molecule has 1 aromatic rings. The van der Waals surface area contributed by atoms with Gasteiger partial charge in [-0.3, -0.25) is 10.1 Å². The molecule has 0 aliphatic rings. The standard InChI is InChI=1S/C16H26N2O2/c1-4-15(14-9-6-5-7-10-14)18-13(2)16(19)17-11-8-12-20-3/h5-7,9-10,13,15,18H,4,8,11-12H2,1-3H3,(H,17,19). The maximum absolute atomic E-state index is 12.0. The van der Waals surface area contributed by atoms with Crippen LogP contribution < -0.4 is 10.6 Å². The minimum Gasteiger partial charge on any atom is -0.385 e. The molecule has 2 N–H and O–H groups in total. The molecule has 1 aromatic carbocycles. The number of benzene rings is 1. The van der Waals surface area contributed by atoms with Gasteiger partial charge in [0.2, 0.25) is 5.91 Å². The molecule has 0 aromatic heterocycles. The quantitative estimate of drug-likeness (QED) is 0.681. The zero-order valence-electron chi connectivity index (χ0n) is 12.7. The molecule has 0 fully saturated rings. The number of rotatable bonds is 9. The van der Waals surface area contributed by atoms with Gasteiger partial charge in [-0.1, -0.05) is 37.3 Å². The maximum Gasteiger partial charge on any atom is 0.236 e. The average molecular weight is 278 g/mol. The summed E-state index contributed by atoms with van der Waals surface area (Å²) in [6, 6.07) is 10.2. The average Bonchev–Trinajstić information content (AvgIpc) is 2.49. The first-order valence-electron chi connectivity index (χ1n) is 7.26. The van der Waals surface area contributed by atoms with E-state index >= 15 is 0 Å². The molecule has 1 rings (SSSR count). The topological polar surface area (TPSA) is 50.4 Å². The first kappa shape index (κ1) is 16.7. The molecule has 0 spiro atoms. The highest BCUT2D eigenvalue weighted by molar-refractivity contribution is 5.81. The van der Waals surface area contributed by atoms with E-state index in [0.717, 1.165) is 12.8 Å². The molecule has 0 radical (unpaired) electrons. The Kier molecular flexibility index (Phi) is 7.92. The summed E-state index contributed by atoms with van der Waals surface area (Å²) in [4.78, 5) is 12.0. The predicted molar refractivity (Wildman–Crippen MR) is 81.6 cm³/mol. The SMILES string of the molecule is CCC(NC(C)C(=O)NCCCOC)c1ccccc1. The van der Waals surface area contributed by atoms with E-state index in [1.54, 1.807) is 7.11 Å². The summed E-state index contributed by atoms with van der Waals surface area (Å²) in [5, 5.41) is 6.30. The second kappa shape index (κ2) is 9.50. The summed E-state index contributed by atoms with van der Waals surface area (Å²) in [6.45, 7) is 5.34. The molecule has 2 atom stereocenters. The van der Waals surface area contributed by atoms with Crippen molar-refractivity contribution in [3.8, 4) is 0 Å².